The quantitative estimate of drug-likeness (QED) is 0.484. The molecule has 2 unspecified atom stereocenters. The van der Waals surface area contributed by atoms with Gasteiger partial charge in [-0.3, -0.25) is 0 Å². The fraction of sp³-hybridized carbons (Fsp3) is 0.333. The predicted octanol–water partition coefficient (Wildman–Crippen LogP) is 3.75. The molecule has 2 aromatic carbocycles. The Morgan fingerprint density at radius 2 is 1.81 bits per heavy atom. The molecule has 5 nitrogen and oxygen atoms in total. The van der Waals surface area contributed by atoms with E-state index in [1.54, 1.807) is 37.4 Å². The average molecular weight is 388 g/mol. The van der Waals surface area contributed by atoms with Crippen molar-refractivity contribution in [3.8, 4) is 5.75 Å². The van der Waals surface area contributed by atoms with E-state index in [2.05, 4.69) is 0 Å². The minimum atomic E-state index is -3.41. The Labute approximate surface area is 160 Å². The molecule has 27 heavy (non-hydrogen) atoms. The zero-order chi connectivity index (χ0) is 19.3. The van der Waals surface area contributed by atoms with Crippen molar-refractivity contribution in [2.45, 2.75) is 36.4 Å². The second kappa shape index (κ2) is 8.69. The lowest BCUT2D eigenvalue weighted by Gasteiger charge is -2.06. The van der Waals surface area contributed by atoms with E-state index in [4.69, 9.17) is 14.2 Å². The molecular weight excluding hydrogens is 364 g/mol. The van der Waals surface area contributed by atoms with Crippen LogP contribution in [0.25, 0.3) is 0 Å². The first-order chi connectivity index (χ1) is 13.0. The van der Waals surface area contributed by atoms with Gasteiger partial charge in [-0.25, -0.2) is 8.42 Å². The largest absolute Gasteiger partial charge is 0.497 e. The zero-order valence-corrected chi connectivity index (χ0v) is 16.3. The van der Waals surface area contributed by atoms with E-state index in [1.807, 2.05) is 37.3 Å². The van der Waals surface area contributed by atoms with Crippen LogP contribution in [0.15, 0.2) is 71.1 Å². The minimum Gasteiger partial charge on any atom is -0.497 e. The maximum absolute atomic E-state index is 12.4. The molecule has 0 aliphatic carbocycles. The van der Waals surface area contributed by atoms with Crippen LogP contribution in [0.2, 0.25) is 0 Å². The number of rotatable bonds is 9. The average Bonchev–Trinajstić information content (AvgIpc) is 3.48. The Hall–Kier alpha value is -2.15. The van der Waals surface area contributed by atoms with Crippen LogP contribution in [0.5, 0.6) is 5.75 Å². The standard InChI is InChI=1S/C21H24O5S/c1-16(14-25-15-17-9-11-18(24-2)12-10-17)8-13-20-21(26-20)27(22,23)19-6-4-3-5-7-19/h3-12,20-21H,13-15H2,1-2H3/b16-8+. The van der Waals surface area contributed by atoms with Crippen LogP contribution in [-0.4, -0.2) is 33.7 Å². The number of ether oxygens (including phenoxy) is 3. The molecule has 1 aliphatic rings. The van der Waals surface area contributed by atoms with Crippen molar-refractivity contribution in [2.75, 3.05) is 13.7 Å². The summed E-state index contributed by atoms with van der Waals surface area (Å²) in [7, 11) is -1.78. The first-order valence-corrected chi connectivity index (χ1v) is 10.4. The minimum absolute atomic E-state index is 0.285. The summed E-state index contributed by atoms with van der Waals surface area (Å²) in [4.78, 5) is 0.307. The highest BCUT2D eigenvalue weighted by Gasteiger charge is 2.49. The van der Waals surface area contributed by atoms with Gasteiger partial charge in [0, 0.05) is 0 Å². The van der Waals surface area contributed by atoms with Gasteiger partial charge in [0.15, 0.2) is 5.44 Å². The fourth-order valence-corrected chi connectivity index (χ4v) is 4.34. The molecular formula is C21H24O5S. The second-order valence-corrected chi connectivity index (χ2v) is 8.55. The number of methoxy groups -OCH3 is 1. The topological polar surface area (TPSA) is 65.1 Å². The molecule has 3 rings (SSSR count). The van der Waals surface area contributed by atoms with Crippen molar-refractivity contribution in [3.05, 3.63) is 71.8 Å². The van der Waals surface area contributed by atoms with Crippen molar-refractivity contribution in [3.63, 3.8) is 0 Å². The Kier molecular flexibility index (Phi) is 6.31. The highest BCUT2D eigenvalue weighted by atomic mass is 32.2. The molecule has 2 atom stereocenters. The van der Waals surface area contributed by atoms with Crippen LogP contribution in [0.4, 0.5) is 0 Å². The summed E-state index contributed by atoms with van der Waals surface area (Å²) in [5.41, 5.74) is 1.38. The smallest absolute Gasteiger partial charge is 0.207 e. The third-order valence-electron chi connectivity index (χ3n) is 4.37. The molecule has 1 saturated heterocycles. The summed E-state index contributed by atoms with van der Waals surface area (Å²) >= 11 is 0. The van der Waals surface area contributed by atoms with Crippen molar-refractivity contribution in [1.29, 1.82) is 0 Å². The number of benzene rings is 2. The molecule has 144 valence electrons. The van der Waals surface area contributed by atoms with Gasteiger partial charge in [0.05, 0.1) is 25.2 Å². The summed E-state index contributed by atoms with van der Waals surface area (Å²) in [6.45, 7) is 2.98. The van der Waals surface area contributed by atoms with E-state index < -0.39 is 15.3 Å². The van der Waals surface area contributed by atoms with Gasteiger partial charge in [-0.2, -0.15) is 0 Å². The molecule has 0 saturated carbocycles. The van der Waals surface area contributed by atoms with Crippen molar-refractivity contribution < 1.29 is 22.6 Å². The van der Waals surface area contributed by atoms with E-state index in [9.17, 15) is 8.42 Å². The van der Waals surface area contributed by atoms with E-state index in [0.717, 1.165) is 16.9 Å². The molecule has 0 N–H and O–H groups in total. The Morgan fingerprint density at radius 1 is 1.11 bits per heavy atom. The summed E-state index contributed by atoms with van der Waals surface area (Å²) in [5, 5.41) is 0. The summed E-state index contributed by atoms with van der Waals surface area (Å²) in [6.07, 6.45) is 2.26. The third kappa shape index (κ3) is 5.19. The molecule has 1 heterocycles. The van der Waals surface area contributed by atoms with Gasteiger partial charge < -0.3 is 14.2 Å². The first-order valence-electron chi connectivity index (χ1n) is 8.81. The molecule has 0 bridgehead atoms. The van der Waals surface area contributed by atoms with Crippen LogP contribution in [0.3, 0.4) is 0 Å². The van der Waals surface area contributed by atoms with Gasteiger partial charge in [0.2, 0.25) is 9.84 Å². The summed E-state index contributed by atoms with van der Waals surface area (Å²) in [6, 6.07) is 16.2. The monoisotopic (exact) mass is 388 g/mol. The van der Waals surface area contributed by atoms with Gasteiger partial charge in [-0.15, -0.1) is 0 Å². The number of hydrogen-bond acceptors (Lipinski definition) is 5. The predicted molar refractivity (Wildman–Crippen MR) is 103 cm³/mol. The van der Waals surface area contributed by atoms with Crippen molar-refractivity contribution >= 4 is 9.84 Å². The fourth-order valence-electron chi connectivity index (χ4n) is 2.74. The Bertz CT molecular complexity index is 873. The first kappa shape index (κ1) is 19.6. The van der Waals surface area contributed by atoms with Gasteiger partial charge in [-0.05, 0) is 43.2 Å². The number of hydrogen-bond donors (Lipinski definition) is 0. The molecule has 0 amide bonds. The Balaban J connectivity index is 1.43. The van der Waals surface area contributed by atoms with E-state index in [0.29, 0.717) is 24.5 Å². The lowest BCUT2D eigenvalue weighted by molar-refractivity contribution is 0.142. The molecule has 0 radical (unpaired) electrons. The zero-order valence-electron chi connectivity index (χ0n) is 15.5. The highest BCUT2D eigenvalue weighted by Crippen LogP contribution is 2.35. The summed E-state index contributed by atoms with van der Waals surface area (Å²) < 4.78 is 41.1. The van der Waals surface area contributed by atoms with E-state index in [-0.39, 0.29) is 6.10 Å². The Morgan fingerprint density at radius 3 is 2.48 bits per heavy atom. The number of epoxide rings is 1. The maximum Gasteiger partial charge on any atom is 0.207 e. The van der Waals surface area contributed by atoms with Gasteiger partial charge in [0.25, 0.3) is 0 Å². The molecule has 0 aromatic heterocycles. The normalized spacial score (nSPS) is 19.7. The van der Waals surface area contributed by atoms with Crippen LogP contribution in [-0.2, 0) is 25.9 Å². The SMILES string of the molecule is COc1ccc(COC/C(C)=C/CC2OC2S(=O)(=O)c2ccccc2)cc1. The molecule has 1 fully saturated rings. The van der Waals surface area contributed by atoms with Crippen LogP contribution >= 0.6 is 0 Å². The third-order valence-corrected chi connectivity index (χ3v) is 6.33. The van der Waals surface area contributed by atoms with Crippen molar-refractivity contribution in [2.24, 2.45) is 0 Å². The van der Waals surface area contributed by atoms with E-state index >= 15 is 0 Å². The highest BCUT2D eigenvalue weighted by molar-refractivity contribution is 7.92. The van der Waals surface area contributed by atoms with E-state index in [1.165, 1.54) is 0 Å². The van der Waals surface area contributed by atoms with Gasteiger partial charge in [-0.1, -0.05) is 42.0 Å². The van der Waals surface area contributed by atoms with Gasteiger partial charge >= 0.3 is 0 Å². The lowest BCUT2D eigenvalue weighted by Crippen LogP contribution is -2.11. The van der Waals surface area contributed by atoms with Crippen molar-refractivity contribution in [1.82, 2.24) is 0 Å². The van der Waals surface area contributed by atoms with Crippen LogP contribution in [0, 0.1) is 0 Å². The summed E-state index contributed by atoms with van der Waals surface area (Å²) in [5.74, 6) is 0.819. The lowest BCUT2D eigenvalue weighted by atomic mass is 10.2. The van der Waals surface area contributed by atoms with Crippen LogP contribution < -0.4 is 4.74 Å². The van der Waals surface area contributed by atoms with Gasteiger partial charge in [0.1, 0.15) is 11.9 Å². The molecule has 0 spiro atoms. The van der Waals surface area contributed by atoms with Crippen LogP contribution in [0.1, 0.15) is 18.9 Å². The molecule has 1 aliphatic heterocycles. The maximum atomic E-state index is 12.4. The second-order valence-electron chi connectivity index (χ2n) is 6.53. The number of sulfone groups is 1. The molecule has 6 heteroatoms. The molecule has 2 aromatic rings.